The third-order valence-electron chi connectivity index (χ3n) is 2.13. The standard InChI is InChI=1S/C9H16N2O/c1-7(9(12)10-2)11-8-5-3-4-6-8/h3-4,7-8,11H,5-6H2,1-2H3,(H,10,12). The Morgan fingerprint density at radius 3 is 2.58 bits per heavy atom. The van der Waals surface area contributed by atoms with Crippen LogP contribution in [-0.2, 0) is 4.79 Å². The van der Waals surface area contributed by atoms with Gasteiger partial charge in [-0.05, 0) is 19.8 Å². The molecule has 1 aliphatic rings. The SMILES string of the molecule is CNC(=O)C(C)NC1CC=CC1. The van der Waals surface area contributed by atoms with Gasteiger partial charge < -0.3 is 10.6 Å². The van der Waals surface area contributed by atoms with E-state index in [1.807, 2.05) is 6.92 Å². The van der Waals surface area contributed by atoms with Crippen LogP contribution in [0.1, 0.15) is 19.8 Å². The van der Waals surface area contributed by atoms with E-state index in [9.17, 15) is 4.79 Å². The van der Waals surface area contributed by atoms with E-state index in [-0.39, 0.29) is 11.9 Å². The summed E-state index contributed by atoms with van der Waals surface area (Å²) >= 11 is 0. The number of likely N-dealkylation sites (N-methyl/N-ethyl adjacent to an activating group) is 1. The molecule has 0 saturated heterocycles. The number of rotatable bonds is 3. The number of amides is 1. The molecule has 0 spiro atoms. The number of hydrogen-bond acceptors (Lipinski definition) is 2. The van der Waals surface area contributed by atoms with Crippen molar-refractivity contribution in [1.29, 1.82) is 0 Å². The number of nitrogens with one attached hydrogen (secondary N) is 2. The molecule has 1 rings (SSSR count). The highest BCUT2D eigenvalue weighted by Crippen LogP contribution is 2.09. The summed E-state index contributed by atoms with van der Waals surface area (Å²) in [6.07, 6.45) is 6.38. The molecule has 68 valence electrons. The fraction of sp³-hybridized carbons (Fsp3) is 0.667. The summed E-state index contributed by atoms with van der Waals surface area (Å²) in [7, 11) is 1.66. The summed E-state index contributed by atoms with van der Waals surface area (Å²) in [5.74, 6) is 0.0573. The Balaban J connectivity index is 2.25. The molecule has 12 heavy (non-hydrogen) atoms. The summed E-state index contributed by atoms with van der Waals surface area (Å²) in [5.41, 5.74) is 0. The van der Waals surface area contributed by atoms with E-state index in [1.54, 1.807) is 7.05 Å². The summed E-state index contributed by atoms with van der Waals surface area (Å²) < 4.78 is 0. The Labute approximate surface area is 73.2 Å². The second kappa shape index (κ2) is 4.26. The number of carbonyl (C=O) groups is 1. The van der Waals surface area contributed by atoms with E-state index in [2.05, 4.69) is 22.8 Å². The highest BCUT2D eigenvalue weighted by molar-refractivity contribution is 5.80. The third-order valence-corrected chi connectivity index (χ3v) is 2.13. The predicted molar refractivity (Wildman–Crippen MR) is 48.8 cm³/mol. The van der Waals surface area contributed by atoms with Crippen LogP contribution in [0, 0.1) is 0 Å². The molecule has 0 radical (unpaired) electrons. The van der Waals surface area contributed by atoms with E-state index < -0.39 is 0 Å². The van der Waals surface area contributed by atoms with Gasteiger partial charge in [0, 0.05) is 13.1 Å². The van der Waals surface area contributed by atoms with Gasteiger partial charge in [0.15, 0.2) is 0 Å². The topological polar surface area (TPSA) is 41.1 Å². The predicted octanol–water partition coefficient (Wildman–Crippen LogP) is 0.429. The Bertz CT molecular complexity index is 181. The monoisotopic (exact) mass is 168 g/mol. The van der Waals surface area contributed by atoms with E-state index in [0.717, 1.165) is 12.8 Å². The van der Waals surface area contributed by atoms with Gasteiger partial charge in [0.2, 0.25) is 5.91 Å². The van der Waals surface area contributed by atoms with E-state index in [1.165, 1.54) is 0 Å². The molecule has 1 amide bonds. The van der Waals surface area contributed by atoms with Gasteiger partial charge in [0.1, 0.15) is 0 Å². The third kappa shape index (κ3) is 2.34. The fourth-order valence-electron chi connectivity index (χ4n) is 1.40. The first-order chi connectivity index (χ1) is 5.74. The molecular weight excluding hydrogens is 152 g/mol. The van der Waals surface area contributed by atoms with Crippen LogP contribution in [0.3, 0.4) is 0 Å². The van der Waals surface area contributed by atoms with Crippen molar-refractivity contribution in [2.24, 2.45) is 0 Å². The van der Waals surface area contributed by atoms with E-state index in [0.29, 0.717) is 6.04 Å². The quantitative estimate of drug-likeness (QED) is 0.600. The van der Waals surface area contributed by atoms with E-state index in [4.69, 9.17) is 0 Å². The Kier molecular flexibility index (Phi) is 3.29. The van der Waals surface area contributed by atoms with Gasteiger partial charge in [-0.3, -0.25) is 4.79 Å². The van der Waals surface area contributed by atoms with Gasteiger partial charge in [-0.2, -0.15) is 0 Å². The van der Waals surface area contributed by atoms with Gasteiger partial charge in [-0.15, -0.1) is 0 Å². The number of carbonyl (C=O) groups excluding carboxylic acids is 1. The van der Waals surface area contributed by atoms with Gasteiger partial charge >= 0.3 is 0 Å². The van der Waals surface area contributed by atoms with Crippen molar-refractivity contribution in [3.05, 3.63) is 12.2 Å². The lowest BCUT2D eigenvalue weighted by Gasteiger charge is -2.17. The lowest BCUT2D eigenvalue weighted by atomic mass is 10.2. The van der Waals surface area contributed by atoms with Crippen LogP contribution in [0.4, 0.5) is 0 Å². The zero-order valence-electron chi connectivity index (χ0n) is 7.63. The van der Waals surface area contributed by atoms with Crippen LogP contribution < -0.4 is 10.6 Å². The largest absolute Gasteiger partial charge is 0.358 e. The molecule has 0 heterocycles. The molecule has 0 aromatic carbocycles. The normalized spacial score (nSPS) is 19.5. The molecule has 1 aliphatic carbocycles. The summed E-state index contributed by atoms with van der Waals surface area (Å²) in [6, 6.07) is 0.372. The lowest BCUT2D eigenvalue weighted by molar-refractivity contribution is -0.122. The van der Waals surface area contributed by atoms with Crippen molar-refractivity contribution in [3.8, 4) is 0 Å². The average molecular weight is 168 g/mol. The molecule has 0 bridgehead atoms. The van der Waals surface area contributed by atoms with Crippen molar-refractivity contribution in [2.45, 2.75) is 31.8 Å². The van der Waals surface area contributed by atoms with Crippen LogP contribution in [-0.4, -0.2) is 25.0 Å². The zero-order chi connectivity index (χ0) is 8.97. The van der Waals surface area contributed by atoms with Crippen LogP contribution in [0.25, 0.3) is 0 Å². The lowest BCUT2D eigenvalue weighted by Crippen LogP contribution is -2.44. The second-order valence-electron chi connectivity index (χ2n) is 3.14. The maximum absolute atomic E-state index is 11.1. The molecule has 0 fully saturated rings. The minimum atomic E-state index is -0.0834. The second-order valence-corrected chi connectivity index (χ2v) is 3.14. The van der Waals surface area contributed by atoms with Gasteiger partial charge in [0.05, 0.1) is 6.04 Å². The highest BCUT2D eigenvalue weighted by Gasteiger charge is 2.16. The molecule has 2 N–H and O–H groups in total. The van der Waals surface area contributed by atoms with E-state index >= 15 is 0 Å². The Hall–Kier alpha value is -0.830. The Morgan fingerprint density at radius 2 is 2.08 bits per heavy atom. The first kappa shape index (κ1) is 9.26. The smallest absolute Gasteiger partial charge is 0.236 e. The van der Waals surface area contributed by atoms with Crippen molar-refractivity contribution in [3.63, 3.8) is 0 Å². The molecule has 3 heteroatoms. The van der Waals surface area contributed by atoms with Crippen molar-refractivity contribution in [2.75, 3.05) is 7.05 Å². The highest BCUT2D eigenvalue weighted by atomic mass is 16.2. The maximum Gasteiger partial charge on any atom is 0.236 e. The van der Waals surface area contributed by atoms with Crippen LogP contribution in [0.2, 0.25) is 0 Å². The first-order valence-corrected chi connectivity index (χ1v) is 4.36. The first-order valence-electron chi connectivity index (χ1n) is 4.36. The molecule has 0 saturated carbocycles. The van der Waals surface area contributed by atoms with Gasteiger partial charge in [-0.1, -0.05) is 12.2 Å². The van der Waals surface area contributed by atoms with Crippen LogP contribution in [0.15, 0.2) is 12.2 Å². The molecule has 1 atom stereocenters. The summed E-state index contributed by atoms with van der Waals surface area (Å²) in [4.78, 5) is 11.1. The van der Waals surface area contributed by atoms with Gasteiger partial charge in [-0.25, -0.2) is 0 Å². The molecule has 0 aromatic rings. The van der Waals surface area contributed by atoms with Crippen LogP contribution >= 0.6 is 0 Å². The van der Waals surface area contributed by atoms with Crippen LogP contribution in [0.5, 0.6) is 0 Å². The summed E-state index contributed by atoms with van der Waals surface area (Å²) in [5, 5.41) is 5.87. The minimum Gasteiger partial charge on any atom is -0.358 e. The minimum absolute atomic E-state index is 0.0573. The number of hydrogen-bond donors (Lipinski definition) is 2. The Morgan fingerprint density at radius 1 is 1.50 bits per heavy atom. The van der Waals surface area contributed by atoms with Gasteiger partial charge in [0.25, 0.3) is 0 Å². The molecular formula is C9H16N2O. The zero-order valence-corrected chi connectivity index (χ0v) is 7.63. The fourth-order valence-corrected chi connectivity index (χ4v) is 1.40. The molecule has 0 aliphatic heterocycles. The molecule has 1 unspecified atom stereocenters. The molecule has 0 aromatic heterocycles. The van der Waals surface area contributed by atoms with Crippen molar-refractivity contribution < 1.29 is 4.79 Å². The molecule has 3 nitrogen and oxygen atoms in total. The van der Waals surface area contributed by atoms with Crippen molar-refractivity contribution in [1.82, 2.24) is 10.6 Å². The summed E-state index contributed by atoms with van der Waals surface area (Å²) in [6.45, 7) is 1.89. The average Bonchev–Trinajstić information content (AvgIpc) is 2.55. The maximum atomic E-state index is 11.1. The van der Waals surface area contributed by atoms with Crippen molar-refractivity contribution >= 4 is 5.91 Å².